The summed E-state index contributed by atoms with van der Waals surface area (Å²) < 4.78 is 0. The van der Waals surface area contributed by atoms with Gasteiger partial charge in [0.2, 0.25) is 0 Å². The minimum Gasteiger partial charge on any atom is -0.481 e. The van der Waals surface area contributed by atoms with Crippen molar-refractivity contribution in [2.24, 2.45) is 11.1 Å². The Morgan fingerprint density at radius 1 is 1.12 bits per heavy atom. The van der Waals surface area contributed by atoms with Crippen molar-refractivity contribution in [3.05, 3.63) is 53.6 Å². The van der Waals surface area contributed by atoms with E-state index in [0.29, 0.717) is 11.1 Å². The van der Waals surface area contributed by atoms with Gasteiger partial charge in [-0.2, -0.15) is 0 Å². The quantitative estimate of drug-likeness (QED) is 0.617. The van der Waals surface area contributed by atoms with Crippen LogP contribution >= 0.6 is 0 Å². The van der Waals surface area contributed by atoms with Crippen LogP contribution in [0, 0.1) is 5.41 Å². The molecule has 7 nitrogen and oxygen atoms in total. The predicted molar refractivity (Wildman–Crippen MR) is 85.1 cm³/mol. The Labute approximate surface area is 137 Å². The fraction of sp³-hybridized carbons (Fsp3) is 0.235. The van der Waals surface area contributed by atoms with Gasteiger partial charge in [0.05, 0.1) is 11.0 Å². The van der Waals surface area contributed by atoms with Crippen LogP contribution in [0.1, 0.15) is 18.4 Å². The van der Waals surface area contributed by atoms with Crippen LogP contribution in [0.5, 0.6) is 0 Å². The molecule has 1 aromatic rings. The van der Waals surface area contributed by atoms with Crippen LogP contribution in [0.25, 0.3) is 5.57 Å². The molecule has 7 heteroatoms. The third kappa shape index (κ3) is 3.52. The first-order valence-electron chi connectivity index (χ1n) is 7.19. The number of benzene rings is 1. The van der Waals surface area contributed by atoms with Crippen molar-refractivity contribution in [2.75, 3.05) is 0 Å². The number of aliphatic carboxylic acids is 3. The van der Waals surface area contributed by atoms with E-state index in [1.54, 1.807) is 30.3 Å². The summed E-state index contributed by atoms with van der Waals surface area (Å²) in [5.41, 5.74) is 4.82. The molecule has 0 bridgehead atoms. The lowest BCUT2D eigenvalue weighted by atomic mass is 9.71. The summed E-state index contributed by atoms with van der Waals surface area (Å²) in [6, 6.07) is 7.34. The first kappa shape index (κ1) is 17.4. The van der Waals surface area contributed by atoms with Gasteiger partial charge in [-0.15, -0.1) is 0 Å². The van der Waals surface area contributed by atoms with Crippen molar-refractivity contribution in [1.82, 2.24) is 0 Å². The minimum atomic E-state index is -1.69. The number of carbonyl (C=O) groups is 3. The summed E-state index contributed by atoms with van der Waals surface area (Å²) in [5.74, 6) is -3.92. The fourth-order valence-electron chi connectivity index (χ4n) is 2.77. The Hall–Kier alpha value is -2.93. The van der Waals surface area contributed by atoms with E-state index in [4.69, 9.17) is 10.8 Å². The van der Waals surface area contributed by atoms with E-state index in [1.807, 2.05) is 0 Å². The van der Waals surface area contributed by atoms with Crippen molar-refractivity contribution in [1.29, 1.82) is 0 Å². The van der Waals surface area contributed by atoms with E-state index in [9.17, 15) is 24.6 Å². The molecule has 0 aliphatic heterocycles. The lowest BCUT2D eigenvalue weighted by Crippen LogP contribution is -2.42. The topological polar surface area (TPSA) is 138 Å². The van der Waals surface area contributed by atoms with Crippen LogP contribution in [0.15, 0.2) is 48.1 Å². The molecule has 0 saturated carbocycles. The zero-order valence-electron chi connectivity index (χ0n) is 12.7. The molecule has 0 spiro atoms. The maximum atomic E-state index is 11.9. The van der Waals surface area contributed by atoms with E-state index in [2.05, 4.69) is 0 Å². The molecule has 2 atom stereocenters. The van der Waals surface area contributed by atoms with Gasteiger partial charge in [-0.25, -0.2) is 4.79 Å². The molecule has 0 radical (unpaired) electrons. The van der Waals surface area contributed by atoms with Crippen molar-refractivity contribution in [3.8, 4) is 0 Å². The number of carboxylic acid groups (broad SMARTS) is 3. The molecular weight excluding hydrogens is 314 g/mol. The molecule has 0 aromatic heterocycles. The van der Waals surface area contributed by atoms with E-state index in [1.165, 1.54) is 6.08 Å². The number of nitrogens with two attached hydrogens (primary N) is 1. The van der Waals surface area contributed by atoms with Gasteiger partial charge in [0.25, 0.3) is 0 Å². The van der Waals surface area contributed by atoms with Crippen LogP contribution in [0.3, 0.4) is 0 Å². The number of carboxylic acids is 3. The van der Waals surface area contributed by atoms with Gasteiger partial charge in [0.1, 0.15) is 6.04 Å². The summed E-state index contributed by atoms with van der Waals surface area (Å²) in [4.78, 5) is 34.3. The Morgan fingerprint density at radius 2 is 1.75 bits per heavy atom. The summed E-state index contributed by atoms with van der Waals surface area (Å²) in [5, 5.41) is 28.0. The third-order valence-electron chi connectivity index (χ3n) is 3.99. The highest BCUT2D eigenvalue weighted by Gasteiger charge is 2.43. The molecule has 126 valence electrons. The Morgan fingerprint density at radius 3 is 2.25 bits per heavy atom. The highest BCUT2D eigenvalue weighted by molar-refractivity contribution is 5.97. The second-order valence-electron chi connectivity index (χ2n) is 5.73. The van der Waals surface area contributed by atoms with Gasteiger partial charge in [-0.05, 0) is 30.1 Å². The van der Waals surface area contributed by atoms with Crippen molar-refractivity contribution < 1.29 is 29.7 Å². The molecule has 0 amide bonds. The predicted octanol–water partition coefficient (Wildman–Crippen LogP) is 1.36. The summed E-state index contributed by atoms with van der Waals surface area (Å²) in [6.07, 6.45) is 2.06. The van der Waals surface area contributed by atoms with E-state index >= 15 is 0 Å². The molecular formula is C17H17NO6. The SMILES string of the molecule is NC(CC1(C(=O)O)C=C(C(=O)O)C=C(c2ccccc2)C1)C(=O)O. The average Bonchev–Trinajstić information content (AvgIpc) is 2.55. The second kappa shape index (κ2) is 6.67. The smallest absolute Gasteiger partial charge is 0.335 e. The van der Waals surface area contributed by atoms with Crippen molar-refractivity contribution >= 4 is 23.5 Å². The number of rotatable bonds is 6. The summed E-state index contributed by atoms with van der Waals surface area (Å²) in [6.45, 7) is 0. The molecule has 5 N–H and O–H groups in total. The average molecular weight is 331 g/mol. The Balaban J connectivity index is 2.52. The molecule has 2 unspecified atom stereocenters. The third-order valence-corrected chi connectivity index (χ3v) is 3.99. The van der Waals surface area contributed by atoms with Crippen LogP contribution in [-0.2, 0) is 14.4 Å². The maximum absolute atomic E-state index is 11.9. The highest BCUT2D eigenvalue weighted by atomic mass is 16.4. The van der Waals surface area contributed by atoms with Gasteiger partial charge in [-0.3, -0.25) is 9.59 Å². The summed E-state index contributed by atoms with van der Waals surface area (Å²) >= 11 is 0. The van der Waals surface area contributed by atoms with E-state index < -0.39 is 35.8 Å². The van der Waals surface area contributed by atoms with Gasteiger partial charge >= 0.3 is 17.9 Å². The largest absolute Gasteiger partial charge is 0.481 e. The minimum absolute atomic E-state index is 0.0376. The molecule has 1 aliphatic carbocycles. The standard InChI is InChI=1S/C17H17NO6/c18-13(15(21)22)9-17(16(23)24)7-11(6-12(8-17)14(19)20)10-4-2-1-3-5-10/h1-6,8,13H,7,9,18H2,(H,19,20)(H,21,22)(H,23,24). The maximum Gasteiger partial charge on any atom is 0.335 e. The lowest BCUT2D eigenvalue weighted by molar-refractivity contribution is -0.147. The lowest BCUT2D eigenvalue weighted by Gasteiger charge is -2.32. The van der Waals surface area contributed by atoms with Crippen LogP contribution in [-0.4, -0.2) is 39.3 Å². The number of hydrogen-bond acceptors (Lipinski definition) is 4. The first-order chi connectivity index (χ1) is 11.2. The monoisotopic (exact) mass is 331 g/mol. The van der Waals surface area contributed by atoms with E-state index in [-0.39, 0.29) is 12.0 Å². The second-order valence-corrected chi connectivity index (χ2v) is 5.73. The Kier molecular flexibility index (Phi) is 4.85. The number of hydrogen-bond donors (Lipinski definition) is 4. The molecule has 2 rings (SSSR count). The fourth-order valence-corrected chi connectivity index (χ4v) is 2.77. The molecule has 24 heavy (non-hydrogen) atoms. The molecule has 1 aliphatic rings. The van der Waals surface area contributed by atoms with Gasteiger partial charge in [-0.1, -0.05) is 36.4 Å². The molecule has 1 aromatic carbocycles. The zero-order chi connectivity index (χ0) is 17.9. The molecule has 0 fully saturated rings. The van der Waals surface area contributed by atoms with E-state index in [0.717, 1.165) is 6.08 Å². The highest BCUT2D eigenvalue weighted by Crippen LogP contribution is 2.42. The molecule has 0 heterocycles. The normalized spacial score (nSPS) is 21.4. The van der Waals surface area contributed by atoms with Crippen molar-refractivity contribution in [3.63, 3.8) is 0 Å². The van der Waals surface area contributed by atoms with Crippen LogP contribution < -0.4 is 5.73 Å². The first-order valence-corrected chi connectivity index (χ1v) is 7.19. The Bertz CT molecular complexity index is 737. The van der Waals surface area contributed by atoms with Gasteiger partial charge in [0.15, 0.2) is 0 Å². The number of allylic oxidation sites excluding steroid dienone is 1. The van der Waals surface area contributed by atoms with Gasteiger partial charge in [0, 0.05) is 0 Å². The van der Waals surface area contributed by atoms with Crippen LogP contribution in [0.4, 0.5) is 0 Å². The van der Waals surface area contributed by atoms with Crippen LogP contribution in [0.2, 0.25) is 0 Å². The zero-order valence-corrected chi connectivity index (χ0v) is 12.7. The van der Waals surface area contributed by atoms with Crippen molar-refractivity contribution in [2.45, 2.75) is 18.9 Å². The summed E-state index contributed by atoms with van der Waals surface area (Å²) in [7, 11) is 0. The molecule has 0 saturated heterocycles. The van der Waals surface area contributed by atoms with Gasteiger partial charge < -0.3 is 21.1 Å².